The molecule has 17 heavy (non-hydrogen) atoms. The Balaban J connectivity index is 1.50. The summed E-state index contributed by atoms with van der Waals surface area (Å²) in [5.41, 5.74) is 0. The molecule has 0 heterocycles. The highest BCUT2D eigenvalue weighted by molar-refractivity contribution is 5.77. The van der Waals surface area contributed by atoms with Crippen LogP contribution in [0.3, 0.4) is 0 Å². The van der Waals surface area contributed by atoms with E-state index in [4.69, 9.17) is 0 Å². The maximum absolute atomic E-state index is 11.5. The lowest BCUT2D eigenvalue weighted by molar-refractivity contribution is -0.120. The first-order valence-corrected chi connectivity index (χ1v) is 6.89. The number of amides is 1. The molecule has 98 valence electrons. The number of aliphatic hydroxyl groups excluding tert-OH is 1. The van der Waals surface area contributed by atoms with Gasteiger partial charge in [0, 0.05) is 6.54 Å². The number of hydrogen-bond acceptors (Lipinski definition) is 3. The fraction of sp³-hybridized carbons (Fsp3) is 0.923. The molecule has 4 nitrogen and oxygen atoms in total. The summed E-state index contributed by atoms with van der Waals surface area (Å²) in [6.45, 7) is 2.12. The molecule has 2 rings (SSSR count). The van der Waals surface area contributed by atoms with Crippen molar-refractivity contribution in [3.63, 3.8) is 0 Å². The van der Waals surface area contributed by atoms with E-state index in [-0.39, 0.29) is 12.0 Å². The van der Waals surface area contributed by atoms with Crippen molar-refractivity contribution in [2.24, 2.45) is 11.8 Å². The van der Waals surface area contributed by atoms with Crippen molar-refractivity contribution in [3.05, 3.63) is 0 Å². The summed E-state index contributed by atoms with van der Waals surface area (Å²) in [6.07, 6.45) is 6.53. The first-order valence-electron chi connectivity index (χ1n) is 6.89. The first kappa shape index (κ1) is 12.8. The maximum atomic E-state index is 11.5. The van der Waals surface area contributed by atoms with E-state index in [1.807, 2.05) is 0 Å². The smallest absolute Gasteiger partial charge is 0.233 e. The van der Waals surface area contributed by atoms with E-state index >= 15 is 0 Å². The summed E-state index contributed by atoms with van der Waals surface area (Å²) in [5.74, 6) is 1.38. The second-order valence-corrected chi connectivity index (χ2v) is 5.56. The van der Waals surface area contributed by atoms with Crippen LogP contribution in [0.15, 0.2) is 0 Å². The third-order valence-electron chi connectivity index (χ3n) is 3.76. The van der Waals surface area contributed by atoms with E-state index in [2.05, 4.69) is 10.6 Å². The van der Waals surface area contributed by atoms with E-state index in [1.165, 1.54) is 19.3 Å². The SMILES string of the molecule is O=C(CNCC1CCCC(O)C1)NCC1CC1. The van der Waals surface area contributed by atoms with Gasteiger partial charge in [-0.25, -0.2) is 0 Å². The molecular formula is C13H24N2O2. The van der Waals surface area contributed by atoms with Crippen LogP contribution in [-0.2, 0) is 4.79 Å². The Kier molecular flexibility index (Phi) is 4.80. The Morgan fingerprint density at radius 1 is 1.12 bits per heavy atom. The molecule has 2 saturated carbocycles. The predicted octanol–water partition coefficient (Wildman–Crippen LogP) is 0.653. The Labute approximate surface area is 103 Å². The molecular weight excluding hydrogens is 216 g/mol. The van der Waals surface area contributed by atoms with Gasteiger partial charge in [0.15, 0.2) is 0 Å². The molecule has 0 bridgehead atoms. The molecule has 2 unspecified atom stereocenters. The summed E-state index contributed by atoms with van der Waals surface area (Å²) in [4.78, 5) is 11.5. The molecule has 4 heteroatoms. The zero-order chi connectivity index (χ0) is 12.1. The lowest BCUT2D eigenvalue weighted by Crippen LogP contribution is -2.38. The third kappa shape index (κ3) is 5.04. The van der Waals surface area contributed by atoms with Crippen LogP contribution < -0.4 is 10.6 Å². The van der Waals surface area contributed by atoms with Crippen molar-refractivity contribution >= 4 is 5.91 Å². The molecule has 0 aliphatic heterocycles. The van der Waals surface area contributed by atoms with Crippen molar-refractivity contribution in [3.8, 4) is 0 Å². The number of rotatable bonds is 6. The second kappa shape index (κ2) is 6.36. The average Bonchev–Trinajstić information content (AvgIpc) is 3.10. The van der Waals surface area contributed by atoms with Crippen LogP contribution in [0.2, 0.25) is 0 Å². The fourth-order valence-corrected chi connectivity index (χ4v) is 2.48. The number of nitrogens with one attached hydrogen (secondary N) is 2. The highest BCUT2D eigenvalue weighted by atomic mass is 16.3. The normalized spacial score (nSPS) is 29.0. The van der Waals surface area contributed by atoms with Gasteiger partial charge in [-0.05, 0) is 50.5 Å². The van der Waals surface area contributed by atoms with Gasteiger partial charge in [0.05, 0.1) is 12.6 Å². The van der Waals surface area contributed by atoms with Gasteiger partial charge < -0.3 is 15.7 Å². The highest BCUT2D eigenvalue weighted by Gasteiger charge is 2.22. The number of carbonyl (C=O) groups is 1. The quantitative estimate of drug-likeness (QED) is 0.639. The van der Waals surface area contributed by atoms with E-state index in [9.17, 15) is 9.90 Å². The third-order valence-corrected chi connectivity index (χ3v) is 3.76. The lowest BCUT2D eigenvalue weighted by Gasteiger charge is -2.25. The predicted molar refractivity (Wildman–Crippen MR) is 66.6 cm³/mol. The van der Waals surface area contributed by atoms with Gasteiger partial charge >= 0.3 is 0 Å². The summed E-state index contributed by atoms with van der Waals surface area (Å²) in [7, 11) is 0. The van der Waals surface area contributed by atoms with Crippen molar-refractivity contribution < 1.29 is 9.90 Å². The number of hydrogen-bond donors (Lipinski definition) is 3. The van der Waals surface area contributed by atoms with Gasteiger partial charge in [-0.1, -0.05) is 6.42 Å². The Morgan fingerprint density at radius 3 is 2.65 bits per heavy atom. The largest absolute Gasteiger partial charge is 0.393 e. The van der Waals surface area contributed by atoms with Crippen LogP contribution >= 0.6 is 0 Å². The summed E-state index contributed by atoms with van der Waals surface area (Å²) in [6, 6.07) is 0. The average molecular weight is 240 g/mol. The second-order valence-electron chi connectivity index (χ2n) is 5.56. The minimum Gasteiger partial charge on any atom is -0.393 e. The van der Waals surface area contributed by atoms with Gasteiger partial charge in [-0.15, -0.1) is 0 Å². The standard InChI is InChI=1S/C13H24N2O2/c16-12-3-1-2-11(6-12)7-14-9-13(17)15-8-10-4-5-10/h10-12,14,16H,1-9H2,(H,15,17). The van der Waals surface area contributed by atoms with Gasteiger partial charge in [0.2, 0.25) is 5.91 Å². The Hall–Kier alpha value is -0.610. The van der Waals surface area contributed by atoms with Crippen LogP contribution in [0.25, 0.3) is 0 Å². The van der Waals surface area contributed by atoms with E-state index in [0.717, 1.165) is 38.3 Å². The lowest BCUT2D eigenvalue weighted by atomic mass is 9.87. The summed E-state index contributed by atoms with van der Waals surface area (Å²) in [5, 5.41) is 15.7. The molecule has 0 radical (unpaired) electrons. The topological polar surface area (TPSA) is 61.4 Å². The molecule has 0 aromatic carbocycles. The Bertz CT molecular complexity index is 254. The van der Waals surface area contributed by atoms with Gasteiger partial charge in [-0.3, -0.25) is 4.79 Å². The highest BCUT2D eigenvalue weighted by Crippen LogP contribution is 2.27. The minimum atomic E-state index is -0.126. The summed E-state index contributed by atoms with van der Waals surface area (Å²) < 4.78 is 0. The van der Waals surface area contributed by atoms with Crippen LogP contribution in [0.5, 0.6) is 0 Å². The molecule has 0 aromatic rings. The zero-order valence-corrected chi connectivity index (χ0v) is 10.5. The first-order chi connectivity index (χ1) is 8.24. The van der Waals surface area contributed by atoms with Crippen LogP contribution in [-0.4, -0.2) is 36.8 Å². The molecule has 2 fully saturated rings. The van der Waals surface area contributed by atoms with Crippen molar-refractivity contribution in [1.82, 2.24) is 10.6 Å². The van der Waals surface area contributed by atoms with Crippen LogP contribution in [0, 0.1) is 11.8 Å². The fourth-order valence-electron chi connectivity index (χ4n) is 2.48. The van der Waals surface area contributed by atoms with Gasteiger partial charge in [0.1, 0.15) is 0 Å². The monoisotopic (exact) mass is 240 g/mol. The molecule has 0 saturated heterocycles. The molecule has 0 aromatic heterocycles. The molecule has 2 aliphatic rings. The van der Waals surface area contributed by atoms with Crippen LogP contribution in [0.1, 0.15) is 38.5 Å². The zero-order valence-electron chi connectivity index (χ0n) is 10.5. The molecule has 2 aliphatic carbocycles. The van der Waals surface area contributed by atoms with Gasteiger partial charge in [-0.2, -0.15) is 0 Å². The summed E-state index contributed by atoms with van der Waals surface area (Å²) >= 11 is 0. The molecule has 0 spiro atoms. The molecule has 3 N–H and O–H groups in total. The van der Waals surface area contributed by atoms with Crippen LogP contribution in [0.4, 0.5) is 0 Å². The van der Waals surface area contributed by atoms with Crippen molar-refractivity contribution in [2.75, 3.05) is 19.6 Å². The minimum absolute atomic E-state index is 0.105. The molecule has 2 atom stereocenters. The molecule has 1 amide bonds. The Morgan fingerprint density at radius 2 is 1.94 bits per heavy atom. The van der Waals surface area contributed by atoms with E-state index in [0.29, 0.717) is 12.5 Å². The number of carbonyl (C=O) groups excluding carboxylic acids is 1. The van der Waals surface area contributed by atoms with E-state index in [1.54, 1.807) is 0 Å². The van der Waals surface area contributed by atoms with Crippen molar-refractivity contribution in [2.45, 2.75) is 44.6 Å². The van der Waals surface area contributed by atoms with Gasteiger partial charge in [0.25, 0.3) is 0 Å². The van der Waals surface area contributed by atoms with Crippen molar-refractivity contribution in [1.29, 1.82) is 0 Å². The number of aliphatic hydroxyl groups is 1. The van der Waals surface area contributed by atoms with E-state index < -0.39 is 0 Å². The maximum Gasteiger partial charge on any atom is 0.233 e.